The lowest BCUT2D eigenvalue weighted by Gasteiger charge is -2.10. The Morgan fingerprint density at radius 2 is 2.18 bits per heavy atom. The van der Waals surface area contributed by atoms with E-state index in [2.05, 4.69) is 28.9 Å². The van der Waals surface area contributed by atoms with Crippen LogP contribution in [-0.4, -0.2) is 19.7 Å². The van der Waals surface area contributed by atoms with Crippen LogP contribution in [0.15, 0.2) is 18.6 Å². The van der Waals surface area contributed by atoms with Crippen LogP contribution < -0.4 is 5.73 Å². The zero-order chi connectivity index (χ0) is 12.4. The van der Waals surface area contributed by atoms with Crippen molar-refractivity contribution in [3.63, 3.8) is 0 Å². The van der Waals surface area contributed by atoms with Gasteiger partial charge in [-0.1, -0.05) is 13.8 Å². The normalized spacial score (nSPS) is 13.2. The lowest BCUT2D eigenvalue weighted by atomic mass is 10.0. The summed E-state index contributed by atoms with van der Waals surface area (Å²) in [6, 6.07) is -0.0274. The molecule has 0 bridgehead atoms. The highest BCUT2D eigenvalue weighted by Crippen LogP contribution is 2.20. The van der Waals surface area contributed by atoms with E-state index in [1.165, 1.54) is 0 Å². The molecule has 92 valence electrons. The van der Waals surface area contributed by atoms with E-state index < -0.39 is 0 Å². The third kappa shape index (κ3) is 2.74. The summed E-state index contributed by atoms with van der Waals surface area (Å²) in [4.78, 5) is 7.60. The zero-order valence-electron chi connectivity index (χ0n) is 10.5. The maximum absolute atomic E-state index is 6.08. The second kappa shape index (κ2) is 4.71. The fourth-order valence-electron chi connectivity index (χ4n) is 1.85. The molecule has 5 nitrogen and oxygen atoms in total. The molecule has 0 fully saturated rings. The number of hydrogen-bond acceptors (Lipinski definition) is 3. The summed E-state index contributed by atoms with van der Waals surface area (Å²) in [7, 11) is 1.89. The molecule has 0 saturated carbocycles. The number of aromatic amines is 1. The summed E-state index contributed by atoms with van der Waals surface area (Å²) in [5, 5.41) is 4.13. The quantitative estimate of drug-likeness (QED) is 0.846. The van der Waals surface area contributed by atoms with Gasteiger partial charge in [0.1, 0.15) is 5.82 Å². The summed E-state index contributed by atoms with van der Waals surface area (Å²) in [6.45, 7) is 4.32. The van der Waals surface area contributed by atoms with Crippen LogP contribution in [0.25, 0.3) is 11.3 Å². The first-order valence-electron chi connectivity index (χ1n) is 5.85. The number of imidazole rings is 1. The summed E-state index contributed by atoms with van der Waals surface area (Å²) in [5.74, 6) is 1.41. The van der Waals surface area contributed by atoms with Crippen LogP contribution in [0.1, 0.15) is 32.1 Å². The van der Waals surface area contributed by atoms with Crippen molar-refractivity contribution >= 4 is 0 Å². The van der Waals surface area contributed by atoms with Crippen LogP contribution >= 0.6 is 0 Å². The number of aromatic nitrogens is 4. The molecule has 1 atom stereocenters. The number of hydrogen-bond donors (Lipinski definition) is 2. The van der Waals surface area contributed by atoms with Crippen LogP contribution in [-0.2, 0) is 7.05 Å². The van der Waals surface area contributed by atoms with Crippen LogP contribution in [0, 0.1) is 5.92 Å². The molecule has 0 aliphatic carbocycles. The fourth-order valence-corrected chi connectivity index (χ4v) is 1.85. The minimum atomic E-state index is -0.0274. The van der Waals surface area contributed by atoms with Crippen LogP contribution in [0.4, 0.5) is 0 Å². The first kappa shape index (κ1) is 11.9. The predicted molar refractivity (Wildman–Crippen MR) is 67.2 cm³/mol. The Morgan fingerprint density at radius 1 is 1.41 bits per heavy atom. The molecule has 0 spiro atoms. The molecule has 2 aromatic heterocycles. The van der Waals surface area contributed by atoms with Crippen LogP contribution in [0.2, 0.25) is 0 Å². The second-order valence-electron chi connectivity index (χ2n) is 4.82. The molecule has 0 aliphatic heterocycles. The van der Waals surface area contributed by atoms with Gasteiger partial charge in [-0.2, -0.15) is 5.10 Å². The van der Waals surface area contributed by atoms with Crippen LogP contribution in [0.5, 0.6) is 0 Å². The first-order valence-corrected chi connectivity index (χ1v) is 5.85. The van der Waals surface area contributed by atoms with E-state index >= 15 is 0 Å². The number of H-pyrrole nitrogens is 1. The minimum absolute atomic E-state index is 0.0274. The molecule has 0 aromatic carbocycles. The Morgan fingerprint density at radius 3 is 2.76 bits per heavy atom. The molecule has 1 unspecified atom stereocenters. The average Bonchev–Trinajstić information content (AvgIpc) is 2.84. The van der Waals surface area contributed by atoms with Gasteiger partial charge in [-0.15, -0.1) is 0 Å². The third-order valence-corrected chi connectivity index (χ3v) is 2.69. The summed E-state index contributed by atoms with van der Waals surface area (Å²) >= 11 is 0. The first-order chi connectivity index (χ1) is 8.06. The van der Waals surface area contributed by atoms with Gasteiger partial charge in [0.2, 0.25) is 0 Å². The smallest absolute Gasteiger partial charge is 0.123 e. The minimum Gasteiger partial charge on any atom is -0.341 e. The van der Waals surface area contributed by atoms with Crippen molar-refractivity contribution in [1.82, 2.24) is 19.7 Å². The fraction of sp³-hybridized carbons (Fsp3) is 0.500. The number of nitrogens with two attached hydrogens (primary N) is 1. The molecule has 0 amide bonds. The van der Waals surface area contributed by atoms with E-state index in [1.807, 2.05) is 25.6 Å². The topological polar surface area (TPSA) is 72.5 Å². The molecule has 2 heterocycles. The van der Waals surface area contributed by atoms with Crippen LogP contribution in [0.3, 0.4) is 0 Å². The van der Waals surface area contributed by atoms with Gasteiger partial charge in [-0.3, -0.25) is 4.68 Å². The maximum atomic E-state index is 6.08. The Balaban J connectivity index is 2.15. The highest BCUT2D eigenvalue weighted by molar-refractivity contribution is 5.56. The number of aryl methyl sites for hydroxylation is 1. The highest BCUT2D eigenvalue weighted by atomic mass is 15.2. The average molecular weight is 233 g/mol. The largest absolute Gasteiger partial charge is 0.341 e. The Labute approximate surface area is 101 Å². The molecule has 2 aromatic rings. The molecule has 2 rings (SSSR count). The van der Waals surface area contributed by atoms with Crippen molar-refractivity contribution in [3.8, 4) is 11.3 Å². The molecule has 0 aliphatic rings. The molecule has 5 heteroatoms. The van der Waals surface area contributed by atoms with Crippen molar-refractivity contribution in [2.24, 2.45) is 18.7 Å². The summed E-state index contributed by atoms with van der Waals surface area (Å²) in [6.07, 6.45) is 6.50. The highest BCUT2D eigenvalue weighted by Gasteiger charge is 2.13. The van der Waals surface area contributed by atoms with Crippen molar-refractivity contribution < 1.29 is 0 Å². The van der Waals surface area contributed by atoms with Gasteiger partial charge in [0.15, 0.2) is 0 Å². The Bertz CT molecular complexity index is 483. The van der Waals surface area contributed by atoms with Gasteiger partial charge >= 0.3 is 0 Å². The third-order valence-electron chi connectivity index (χ3n) is 2.69. The molecular formula is C12H19N5. The summed E-state index contributed by atoms with van der Waals surface area (Å²) in [5.41, 5.74) is 8.07. The van der Waals surface area contributed by atoms with Gasteiger partial charge in [0.25, 0.3) is 0 Å². The van der Waals surface area contributed by atoms with Gasteiger partial charge in [-0.25, -0.2) is 4.98 Å². The summed E-state index contributed by atoms with van der Waals surface area (Å²) < 4.78 is 1.77. The van der Waals surface area contributed by atoms with E-state index in [1.54, 1.807) is 4.68 Å². The molecule has 3 N–H and O–H groups in total. The lowest BCUT2D eigenvalue weighted by Crippen LogP contribution is -2.14. The molecule has 0 saturated heterocycles. The van der Waals surface area contributed by atoms with E-state index in [0.717, 1.165) is 23.5 Å². The zero-order valence-corrected chi connectivity index (χ0v) is 10.5. The van der Waals surface area contributed by atoms with E-state index in [9.17, 15) is 0 Å². The van der Waals surface area contributed by atoms with E-state index in [0.29, 0.717) is 5.92 Å². The Hall–Kier alpha value is -1.62. The van der Waals surface area contributed by atoms with Crippen molar-refractivity contribution in [3.05, 3.63) is 24.4 Å². The number of nitrogens with zero attached hydrogens (tertiary/aromatic N) is 3. The Kier molecular flexibility index (Phi) is 3.28. The maximum Gasteiger partial charge on any atom is 0.123 e. The van der Waals surface area contributed by atoms with Gasteiger partial charge in [0.05, 0.1) is 24.1 Å². The number of nitrogens with one attached hydrogen (secondary N) is 1. The second-order valence-corrected chi connectivity index (χ2v) is 4.82. The predicted octanol–water partition coefficient (Wildman–Crippen LogP) is 1.86. The molecule has 0 radical (unpaired) electrons. The molecular weight excluding hydrogens is 214 g/mol. The van der Waals surface area contributed by atoms with Gasteiger partial charge < -0.3 is 10.7 Å². The van der Waals surface area contributed by atoms with E-state index in [-0.39, 0.29) is 6.04 Å². The lowest BCUT2D eigenvalue weighted by molar-refractivity contribution is 0.496. The van der Waals surface area contributed by atoms with Crippen molar-refractivity contribution in [2.75, 3.05) is 0 Å². The standard InChI is InChI=1S/C12H19N5/c1-8(2)4-10(13)12-14-6-11(16-12)9-5-15-17(3)7-9/h5-8,10H,4,13H2,1-3H3,(H,14,16). The van der Waals surface area contributed by atoms with E-state index in [4.69, 9.17) is 5.73 Å². The SMILES string of the molecule is CC(C)CC(N)c1ncc(-c2cnn(C)c2)[nH]1. The number of rotatable bonds is 4. The molecule has 17 heavy (non-hydrogen) atoms. The van der Waals surface area contributed by atoms with Crippen molar-refractivity contribution in [1.29, 1.82) is 0 Å². The monoisotopic (exact) mass is 233 g/mol. The van der Waals surface area contributed by atoms with Crippen molar-refractivity contribution in [2.45, 2.75) is 26.3 Å². The van der Waals surface area contributed by atoms with Gasteiger partial charge in [0, 0.05) is 18.8 Å². The van der Waals surface area contributed by atoms with Gasteiger partial charge in [-0.05, 0) is 12.3 Å².